The van der Waals surface area contributed by atoms with Gasteiger partial charge in [-0.1, -0.05) is 45.9 Å². The molecule has 1 aromatic rings. The molecule has 0 aliphatic rings. The van der Waals surface area contributed by atoms with Gasteiger partial charge in [0.25, 0.3) is 0 Å². The maximum Gasteiger partial charge on any atom is 0.310 e. The molecule has 0 radical (unpaired) electrons. The highest BCUT2D eigenvalue weighted by Crippen LogP contribution is 2.37. The second-order valence-corrected chi connectivity index (χ2v) is 17.3. The fraction of sp³-hybridized carbons (Fsp3) is 0.696. The minimum absolute atomic E-state index is 0.0788. The Morgan fingerprint density at radius 3 is 2.20 bits per heavy atom. The number of carboxylic acids is 1. The summed E-state index contributed by atoms with van der Waals surface area (Å²) in [7, 11) is -1.98. The average molecular weight is 456 g/mol. The molecule has 2 N–H and O–H groups in total. The molecular weight excluding hydrogens is 414 g/mol. The number of rotatable bonds is 9. The van der Waals surface area contributed by atoms with Gasteiger partial charge in [0.15, 0.2) is 8.32 Å². The normalized spacial score (nSPS) is 16.2. The Bertz CT molecular complexity index is 725. The summed E-state index contributed by atoms with van der Waals surface area (Å²) in [5.41, 5.74) is 2.78. The Balaban J connectivity index is 3.25. The second kappa shape index (κ2) is 10.2. The van der Waals surface area contributed by atoms with Crippen molar-refractivity contribution in [3.05, 3.63) is 34.9 Å². The van der Waals surface area contributed by atoms with E-state index >= 15 is 0 Å². The molecule has 0 bridgehead atoms. The molecule has 172 valence electrons. The first-order chi connectivity index (χ1) is 13.5. The number of aliphatic carboxylic acids is 1. The van der Waals surface area contributed by atoms with Crippen LogP contribution in [0.25, 0.3) is 0 Å². The van der Waals surface area contributed by atoms with Crippen LogP contribution in [-0.4, -0.2) is 35.3 Å². The molecule has 5 nitrogen and oxygen atoms in total. The Kier molecular flexibility index (Phi) is 9.21. The van der Waals surface area contributed by atoms with Crippen molar-refractivity contribution < 1.29 is 18.9 Å². The molecular formula is C23H41NO4SSi. The lowest BCUT2D eigenvalue weighted by molar-refractivity contribution is -0.138. The summed E-state index contributed by atoms with van der Waals surface area (Å²) in [5, 5.41) is 9.57. The van der Waals surface area contributed by atoms with Crippen molar-refractivity contribution in [2.45, 2.75) is 96.6 Å². The fourth-order valence-corrected chi connectivity index (χ4v) is 4.68. The zero-order chi connectivity index (χ0) is 23.5. The number of carbonyl (C=O) groups is 1. The molecule has 1 aromatic carbocycles. The number of hydrogen-bond acceptors (Lipinski definition) is 4. The van der Waals surface area contributed by atoms with Crippen molar-refractivity contribution in [2.24, 2.45) is 0 Å². The summed E-state index contributed by atoms with van der Waals surface area (Å²) in [5.74, 6) is -1.33. The molecule has 0 saturated carbocycles. The minimum Gasteiger partial charge on any atom is -0.598 e. The van der Waals surface area contributed by atoms with Crippen LogP contribution in [0.4, 0.5) is 0 Å². The van der Waals surface area contributed by atoms with Crippen molar-refractivity contribution in [3.8, 4) is 0 Å². The fourth-order valence-electron chi connectivity index (χ4n) is 2.86. The van der Waals surface area contributed by atoms with E-state index in [1.54, 1.807) is 0 Å². The molecule has 0 aliphatic heterocycles. The molecule has 0 heterocycles. The average Bonchev–Trinajstić information content (AvgIpc) is 2.57. The van der Waals surface area contributed by atoms with Gasteiger partial charge in [-0.2, -0.15) is 0 Å². The predicted molar refractivity (Wildman–Crippen MR) is 129 cm³/mol. The van der Waals surface area contributed by atoms with Crippen LogP contribution >= 0.6 is 0 Å². The van der Waals surface area contributed by atoms with Crippen LogP contribution in [0.15, 0.2) is 18.2 Å². The Labute approximate surface area is 187 Å². The molecule has 0 fully saturated rings. The third kappa shape index (κ3) is 7.09. The number of hydrogen-bond donors (Lipinski definition) is 2. The first-order valence-corrected chi connectivity index (χ1v) is 14.7. The Morgan fingerprint density at radius 2 is 1.80 bits per heavy atom. The van der Waals surface area contributed by atoms with Crippen LogP contribution < -0.4 is 4.72 Å². The van der Waals surface area contributed by atoms with Crippen LogP contribution in [0.1, 0.15) is 83.5 Å². The minimum atomic E-state index is -1.98. The third-order valence-corrected chi connectivity index (χ3v) is 12.1. The van der Waals surface area contributed by atoms with Crippen molar-refractivity contribution >= 4 is 25.6 Å². The highest BCUT2D eigenvalue weighted by atomic mass is 32.2. The van der Waals surface area contributed by atoms with Crippen LogP contribution in [0.5, 0.6) is 0 Å². The lowest BCUT2D eigenvalue weighted by atomic mass is 9.92. The van der Waals surface area contributed by atoms with Crippen LogP contribution in [0.3, 0.4) is 0 Å². The zero-order valence-corrected chi connectivity index (χ0v) is 22.2. The summed E-state index contributed by atoms with van der Waals surface area (Å²) >= 11 is -1.26. The van der Waals surface area contributed by atoms with E-state index in [1.807, 2.05) is 52.8 Å². The van der Waals surface area contributed by atoms with Gasteiger partial charge in [0.1, 0.15) is 4.75 Å². The number of nitrogens with one attached hydrogen (secondary N) is 1. The van der Waals surface area contributed by atoms with E-state index in [0.717, 1.165) is 16.7 Å². The lowest BCUT2D eigenvalue weighted by Gasteiger charge is -2.38. The maximum atomic E-state index is 12.9. The van der Waals surface area contributed by atoms with Gasteiger partial charge in [-0.05, 0) is 68.9 Å². The summed E-state index contributed by atoms with van der Waals surface area (Å²) in [4.78, 5) is 11.6. The highest BCUT2D eigenvalue weighted by Gasteiger charge is 2.39. The van der Waals surface area contributed by atoms with Gasteiger partial charge in [0.05, 0.1) is 18.6 Å². The van der Waals surface area contributed by atoms with Crippen molar-refractivity contribution in [2.75, 3.05) is 6.61 Å². The number of carboxylic acid groups (broad SMARTS) is 1. The molecule has 0 spiro atoms. The van der Waals surface area contributed by atoms with Gasteiger partial charge in [0.2, 0.25) is 0 Å². The van der Waals surface area contributed by atoms with Crippen LogP contribution in [0, 0.1) is 6.92 Å². The first-order valence-electron chi connectivity index (χ1n) is 10.7. The Hall–Kier alpha value is -0.863. The van der Waals surface area contributed by atoms with Crippen molar-refractivity contribution in [1.29, 1.82) is 0 Å². The van der Waals surface area contributed by atoms with Gasteiger partial charge in [-0.25, -0.2) is 0 Å². The van der Waals surface area contributed by atoms with Crippen molar-refractivity contribution in [1.82, 2.24) is 4.72 Å². The van der Waals surface area contributed by atoms with E-state index < -0.39 is 36.3 Å². The summed E-state index contributed by atoms with van der Waals surface area (Å²) in [6.45, 7) is 21.1. The molecule has 0 aromatic heterocycles. The zero-order valence-electron chi connectivity index (χ0n) is 20.4. The Morgan fingerprint density at radius 1 is 1.23 bits per heavy atom. The van der Waals surface area contributed by atoms with Gasteiger partial charge in [-0.3, -0.25) is 4.79 Å². The summed E-state index contributed by atoms with van der Waals surface area (Å²) < 4.78 is 22.2. The smallest absolute Gasteiger partial charge is 0.310 e. The monoisotopic (exact) mass is 455 g/mol. The van der Waals surface area contributed by atoms with E-state index in [-0.39, 0.29) is 11.1 Å². The SMILES string of the molecule is CCC(C(=O)O)c1ccc([C@@H](CO[Si](C)(C)C(C)(C)C)N[S@@+]([O-])C(C)(C)C)c(C)c1. The third-order valence-electron chi connectivity index (χ3n) is 6.00. The van der Waals surface area contributed by atoms with Gasteiger partial charge < -0.3 is 14.1 Å². The largest absolute Gasteiger partial charge is 0.598 e. The quantitative estimate of drug-likeness (QED) is 0.369. The summed E-state index contributed by atoms with van der Waals surface area (Å²) in [6, 6.07) is 5.55. The van der Waals surface area contributed by atoms with Gasteiger partial charge >= 0.3 is 5.97 Å². The lowest BCUT2D eigenvalue weighted by Crippen LogP contribution is -2.46. The first kappa shape index (κ1) is 27.2. The van der Waals surface area contributed by atoms with E-state index in [0.29, 0.717) is 13.0 Å². The van der Waals surface area contributed by atoms with E-state index in [9.17, 15) is 14.5 Å². The van der Waals surface area contributed by atoms with Gasteiger partial charge in [-0.15, -0.1) is 4.72 Å². The van der Waals surface area contributed by atoms with Gasteiger partial charge in [0, 0.05) is 11.4 Å². The van der Waals surface area contributed by atoms with E-state index in [4.69, 9.17) is 4.43 Å². The molecule has 0 saturated heterocycles. The molecule has 0 amide bonds. The molecule has 1 unspecified atom stereocenters. The predicted octanol–water partition coefficient (Wildman–Crippen LogP) is 5.69. The molecule has 7 heteroatoms. The van der Waals surface area contributed by atoms with E-state index in [1.165, 1.54) is 0 Å². The highest BCUT2D eigenvalue weighted by molar-refractivity contribution is 7.90. The standard InChI is InChI=1S/C23H41NO4SSi/c1-11-18(21(25)26)17-12-13-19(16(2)14-17)20(24-29(27)22(3,4)5)15-28-30(9,10)23(6,7)8/h12-14,18,20,24H,11,15H2,1-10H3,(H,25,26)/t18?,20-,29+/m1/s1. The topological polar surface area (TPSA) is 81.6 Å². The van der Waals surface area contributed by atoms with Crippen molar-refractivity contribution in [3.63, 3.8) is 0 Å². The molecule has 0 aliphatic carbocycles. The van der Waals surface area contributed by atoms with Crippen LogP contribution in [-0.2, 0) is 20.6 Å². The van der Waals surface area contributed by atoms with Crippen LogP contribution in [0.2, 0.25) is 18.1 Å². The number of aryl methyl sites for hydroxylation is 1. The molecule has 1 rings (SSSR count). The van der Waals surface area contributed by atoms with E-state index in [2.05, 4.69) is 38.6 Å². The number of benzene rings is 1. The second-order valence-electron chi connectivity index (χ2n) is 10.5. The molecule has 30 heavy (non-hydrogen) atoms. The molecule has 3 atom stereocenters. The maximum absolute atomic E-state index is 12.9. The summed E-state index contributed by atoms with van der Waals surface area (Å²) in [6.07, 6.45) is 0.540.